The number of hydrogen-bond acceptors (Lipinski definition) is 4. The molecule has 0 aromatic heterocycles. The number of carbonyl (C=O) groups excluding carboxylic acids is 1. The van der Waals surface area contributed by atoms with E-state index in [0.29, 0.717) is 5.56 Å². The van der Waals surface area contributed by atoms with Gasteiger partial charge in [0, 0.05) is 12.6 Å². The summed E-state index contributed by atoms with van der Waals surface area (Å²) in [5.41, 5.74) is 0.473. The molecule has 1 aromatic carbocycles. The maximum absolute atomic E-state index is 12.9. The number of rotatable bonds is 7. The van der Waals surface area contributed by atoms with Gasteiger partial charge in [-0.05, 0) is 44.8 Å². The molecule has 1 aliphatic heterocycles. The number of ether oxygens (including phenoxy) is 2. The Morgan fingerprint density at radius 1 is 1.36 bits per heavy atom. The van der Waals surface area contributed by atoms with Gasteiger partial charge >= 0.3 is 6.03 Å². The number of alkyl halides is 2. The number of likely N-dealkylation sites (tertiary alicyclic amines) is 1. The predicted molar refractivity (Wildman–Crippen MR) is 104 cm³/mol. The van der Waals surface area contributed by atoms with Gasteiger partial charge in [-0.25, -0.2) is 13.6 Å². The summed E-state index contributed by atoms with van der Waals surface area (Å²) in [6.45, 7) is 4.87. The number of hydrogen-bond donors (Lipinski definition) is 1. The van der Waals surface area contributed by atoms with Crippen LogP contribution in [0.5, 0.6) is 11.5 Å². The highest BCUT2D eigenvalue weighted by atomic mass is 19.1. The molecule has 2 atom stereocenters. The number of piperidine rings is 1. The van der Waals surface area contributed by atoms with Crippen molar-refractivity contribution in [3.63, 3.8) is 0 Å². The van der Waals surface area contributed by atoms with Crippen LogP contribution in [-0.4, -0.2) is 56.4 Å². The van der Waals surface area contributed by atoms with Crippen LogP contribution >= 0.6 is 0 Å². The van der Waals surface area contributed by atoms with Crippen LogP contribution in [-0.2, 0) is 0 Å². The Balaban J connectivity index is 2.18. The molecule has 1 fully saturated rings. The molecule has 8 heteroatoms. The summed E-state index contributed by atoms with van der Waals surface area (Å²) >= 11 is 0. The molecule has 1 saturated heterocycles. The van der Waals surface area contributed by atoms with Gasteiger partial charge in [0.25, 0.3) is 0 Å². The van der Waals surface area contributed by atoms with Gasteiger partial charge in [0.15, 0.2) is 11.5 Å². The Labute approximate surface area is 165 Å². The third-order valence-electron chi connectivity index (χ3n) is 5.36. The molecule has 0 saturated carbocycles. The molecule has 0 radical (unpaired) electrons. The van der Waals surface area contributed by atoms with E-state index in [4.69, 9.17) is 9.47 Å². The summed E-state index contributed by atoms with van der Waals surface area (Å²) in [6.07, 6.45) is 2.08. The Morgan fingerprint density at radius 3 is 2.64 bits per heavy atom. The summed E-state index contributed by atoms with van der Waals surface area (Å²) in [4.78, 5) is 16.8. The van der Waals surface area contributed by atoms with E-state index in [0.717, 1.165) is 19.4 Å². The predicted octanol–water partition coefficient (Wildman–Crippen LogP) is 4.08. The molecule has 1 N–H and O–H groups in total. The SMILES string of the molecule is CC(NC(=O)N(C)C1N(C)CCCC1(C)C)c1cccc(OCF)c1OCF. The van der Waals surface area contributed by atoms with Gasteiger partial charge in [0.05, 0.1) is 12.2 Å². The largest absolute Gasteiger partial charge is 0.459 e. The Kier molecular flexibility index (Phi) is 7.46. The second-order valence-electron chi connectivity index (χ2n) is 7.91. The first-order valence-electron chi connectivity index (χ1n) is 9.47. The molecular formula is C20H31F2N3O3. The summed E-state index contributed by atoms with van der Waals surface area (Å²) in [5.74, 6) is 0.188. The second-order valence-corrected chi connectivity index (χ2v) is 7.91. The Bertz CT molecular complexity index is 672. The zero-order valence-electron chi connectivity index (χ0n) is 17.3. The standard InChI is InChI=1S/C20H31F2N3O3/c1-14(15-8-6-9-16(27-12-21)17(15)28-13-22)23-19(26)25(5)18-20(2,3)10-7-11-24(18)4/h6,8-9,14,18H,7,10-13H2,1-5H3,(H,23,26). The van der Waals surface area contributed by atoms with Crippen LogP contribution in [0.15, 0.2) is 18.2 Å². The Morgan fingerprint density at radius 2 is 2.04 bits per heavy atom. The highest BCUT2D eigenvalue weighted by molar-refractivity contribution is 5.75. The zero-order valence-corrected chi connectivity index (χ0v) is 17.3. The second kappa shape index (κ2) is 9.41. The minimum Gasteiger partial charge on any atom is -0.459 e. The minimum absolute atomic E-state index is 0.0420. The van der Waals surface area contributed by atoms with Crippen molar-refractivity contribution in [1.82, 2.24) is 15.1 Å². The lowest BCUT2D eigenvalue weighted by molar-refractivity contribution is -0.0231. The fraction of sp³-hybridized carbons (Fsp3) is 0.650. The minimum atomic E-state index is -1.08. The summed E-state index contributed by atoms with van der Waals surface area (Å²) in [7, 11) is 3.79. The van der Waals surface area contributed by atoms with Crippen molar-refractivity contribution in [2.75, 3.05) is 34.4 Å². The van der Waals surface area contributed by atoms with E-state index in [1.165, 1.54) is 6.07 Å². The highest BCUT2D eigenvalue weighted by Gasteiger charge is 2.40. The Hall–Kier alpha value is -2.09. The van der Waals surface area contributed by atoms with Gasteiger partial charge < -0.3 is 19.7 Å². The highest BCUT2D eigenvalue weighted by Crippen LogP contribution is 2.37. The monoisotopic (exact) mass is 399 g/mol. The van der Waals surface area contributed by atoms with Crippen LogP contribution in [0.2, 0.25) is 0 Å². The van der Waals surface area contributed by atoms with Crippen LogP contribution in [0.4, 0.5) is 13.6 Å². The lowest BCUT2D eigenvalue weighted by atomic mass is 9.80. The molecule has 0 aliphatic carbocycles. The fourth-order valence-corrected chi connectivity index (χ4v) is 4.18. The van der Waals surface area contributed by atoms with Crippen molar-refractivity contribution < 1.29 is 23.0 Å². The van der Waals surface area contributed by atoms with E-state index < -0.39 is 19.8 Å². The van der Waals surface area contributed by atoms with E-state index in [1.54, 1.807) is 31.0 Å². The summed E-state index contributed by atoms with van der Waals surface area (Å²) < 4.78 is 35.3. The lowest BCUT2D eigenvalue weighted by Gasteiger charge is -2.49. The van der Waals surface area contributed by atoms with Gasteiger partial charge in [-0.15, -0.1) is 0 Å². The molecule has 28 heavy (non-hydrogen) atoms. The number of nitrogens with zero attached hydrogens (tertiary/aromatic N) is 2. The summed E-state index contributed by atoms with van der Waals surface area (Å²) in [5, 5.41) is 2.93. The fourth-order valence-electron chi connectivity index (χ4n) is 4.18. The number of nitrogens with one attached hydrogen (secondary N) is 1. The van der Waals surface area contributed by atoms with Gasteiger partial charge in [0.2, 0.25) is 13.7 Å². The number of urea groups is 1. The zero-order chi connectivity index (χ0) is 20.9. The van der Waals surface area contributed by atoms with Crippen molar-refractivity contribution in [2.24, 2.45) is 5.41 Å². The molecule has 0 bridgehead atoms. The molecule has 2 rings (SSSR count). The molecule has 1 aliphatic rings. The molecular weight excluding hydrogens is 368 g/mol. The first kappa shape index (κ1) is 22.2. The lowest BCUT2D eigenvalue weighted by Crippen LogP contribution is -2.59. The van der Waals surface area contributed by atoms with Gasteiger partial charge in [-0.3, -0.25) is 4.90 Å². The van der Waals surface area contributed by atoms with E-state index in [2.05, 4.69) is 24.1 Å². The number of amides is 2. The van der Waals surface area contributed by atoms with E-state index in [-0.39, 0.29) is 29.1 Å². The first-order chi connectivity index (χ1) is 13.2. The van der Waals surface area contributed by atoms with Crippen molar-refractivity contribution >= 4 is 6.03 Å². The van der Waals surface area contributed by atoms with Crippen LogP contribution in [0, 0.1) is 5.41 Å². The van der Waals surface area contributed by atoms with Crippen molar-refractivity contribution in [1.29, 1.82) is 0 Å². The third kappa shape index (κ3) is 4.84. The van der Waals surface area contributed by atoms with Crippen molar-refractivity contribution in [3.8, 4) is 11.5 Å². The van der Waals surface area contributed by atoms with E-state index >= 15 is 0 Å². The first-order valence-corrected chi connectivity index (χ1v) is 9.47. The maximum atomic E-state index is 12.9. The van der Waals surface area contributed by atoms with Gasteiger partial charge in [0.1, 0.15) is 0 Å². The normalized spacial score (nSPS) is 20.3. The molecule has 1 aromatic rings. The van der Waals surface area contributed by atoms with E-state index in [9.17, 15) is 13.6 Å². The number of carbonyl (C=O) groups is 1. The van der Waals surface area contributed by atoms with Crippen LogP contribution < -0.4 is 14.8 Å². The topological polar surface area (TPSA) is 54.0 Å². The number of para-hydroxylation sites is 1. The van der Waals surface area contributed by atoms with Crippen LogP contribution in [0.1, 0.15) is 45.2 Å². The molecule has 0 spiro atoms. The number of halogens is 2. The quantitative estimate of drug-likeness (QED) is 0.751. The maximum Gasteiger partial charge on any atom is 0.318 e. The third-order valence-corrected chi connectivity index (χ3v) is 5.36. The smallest absolute Gasteiger partial charge is 0.318 e. The molecule has 158 valence electrons. The van der Waals surface area contributed by atoms with E-state index in [1.807, 2.05) is 7.05 Å². The number of benzene rings is 1. The van der Waals surface area contributed by atoms with Gasteiger partial charge in [-0.2, -0.15) is 0 Å². The molecule has 2 unspecified atom stereocenters. The summed E-state index contributed by atoms with van der Waals surface area (Å²) in [6, 6.07) is 4.10. The average Bonchev–Trinajstić information content (AvgIpc) is 2.62. The average molecular weight is 399 g/mol. The van der Waals surface area contributed by atoms with Crippen molar-refractivity contribution in [3.05, 3.63) is 23.8 Å². The van der Waals surface area contributed by atoms with Crippen molar-refractivity contribution in [2.45, 2.75) is 45.8 Å². The molecule has 6 nitrogen and oxygen atoms in total. The van der Waals surface area contributed by atoms with Crippen LogP contribution in [0.3, 0.4) is 0 Å². The molecule has 2 amide bonds. The molecule has 1 heterocycles. The van der Waals surface area contributed by atoms with Gasteiger partial charge in [-0.1, -0.05) is 26.0 Å². The van der Waals surface area contributed by atoms with Crippen LogP contribution in [0.25, 0.3) is 0 Å².